The Morgan fingerprint density at radius 2 is 2.14 bits per heavy atom. The zero-order valence-electron chi connectivity index (χ0n) is 17.2. The Bertz CT molecular complexity index is 842. The number of hydrogen-bond donors (Lipinski definition) is 1. The topological polar surface area (TPSA) is 42.3 Å². The van der Waals surface area contributed by atoms with Crippen LogP contribution in [0.4, 0.5) is 0 Å². The van der Waals surface area contributed by atoms with Crippen molar-refractivity contribution in [3.05, 3.63) is 53.1 Å². The van der Waals surface area contributed by atoms with Gasteiger partial charge in [0.05, 0.1) is 23.9 Å². The molecule has 2 aliphatic rings. The minimum atomic E-state index is 0.0382. The lowest BCUT2D eigenvalue weighted by Gasteiger charge is -2.30. The predicted molar refractivity (Wildman–Crippen MR) is 115 cm³/mol. The van der Waals surface area contributed by atoms with E-state index in [1.54, 1.807) is 0 Å². The summed E-state index contributed by atoms with van der Waals surface area (Å²) in [4.78, 5) is 6.97. The second-order valence-electron chi connectivity index (χ2n) is 8.20. The Kier molecular flexibility index (Phi) is 5.43. The van der Waals surface area contributed by atoms with E-state index < -0.39 is 0 Å². The number of ether oxygens (including phenoxy) is 1. The molecule has 1 N–H and O–H groups in total. The zero-order chi connectivity index (χ0) is 19.8. The first kappa shape index (κ1) is 19.4. The van der Waals surface area contributed by atoms with Crippen molar-refractivity contribution in [3.8, 4) is 0 Å². The SMILES string of the molecule is Cc1cc([C@H]2[C@H](c3ccccn3)NC(=S)N2C[C@@H]2CCCO2)c(C)n1C(C)C. The van der Waals surface area contributed by atoms with Crippen LogP contribution in [0, 0.1) is 13.8 Å². The Morgan fingerprint density at radius 3 is 2.75 bits per heavy atom. The van der Waals surface area contributed by atoms with Gasteiger partial charge in [0, 0.05) is 36.8 Å². The van der Waals surface area contributed by atoms with Gasteiger partial charge < -0.3 is 19.5 Å². The van der Waals surface area contributed by atoms with Crippen LogP contribution in [0.25, 0.3) is 0 Å². The fraction of sp³-hybridized carbons (Fsp3) is 0.545. The molecular formula is C22H30N4OS. The van der Waals surface area contributed by atoms with Gasteiger partial charge in [-0.1, -0.05) is 6.07 Å². The summed E-state index contributed by atoms with van der Waals surface area (Å²) in [6.07, 6.45) is 4.34. The molecule has 2 fully saturated rings. The Balaban J connectivity index is 1.76. The first-order chi connectivity index (χ1) is 13.5. The van der Waals surface area contributed by atoms with E-state index in [2.05, 4.69) is 59.6 Å². The predicted octanol–water partition coefficient (Wildman–Crippen LogP) is 4.23. The highest BCUT2D eigenvalue weighted by atomic mass is 32.1. The second-order valence-corrected chi connectivity index (χ2v) is 8.59. The van der Waals surface area contributed by atoms with E-state index in [1.165, 1.54) is 17.0 Å². The highest BCUT2D eigenvalue weighted by molar-refractivity contribution is 7.80. The Labute approximate surface area is 173 Å². The van der Waals surface area contributed by atoms with Crippen LogP contribution in [0.5, 0.6) is 0 Å². The molecule has 28 heavy (non-hydrogen) atoms. The third kappa shape index (κ3) is 3.44. The van der Waals surface area contributed by atoms with Gasteiger partial charge in [0.25, 0.3) is 0 Å². The van der Waals surface area contributed by atoms with Gasteiger partial charge in [0.15, 0.2) is 5.11 Å². The summed E-state index contributed by atoms with van der Waals surface area (Å²) < 4.78 is 8.35. The average Bonchev–Trinajstić information content (AvgIpc) is 3.36. The van der Waals surface area contributed by atoms with Crippen LogP contribution in [0.3, 0.4) is 0 Å². The molecule has 0 aliphatic carbocycles. The fourth-order valence-electron chi connectivity index (χ4n) is 4.85. The number of rotatable bonds is 5. The van der Waals surface area contributed by atoms with Gasteiger partial charge in [-0.25, -0.2) is 0 Å². The molecule has 4 rings (SSSR count). The molecule has 0 radical (unpaired) electrons. The van der Waals surface area contributed by atoms with E-state index in [1.807, 2.05) is 18.3 Å². The standard InChI is InChI=1S/C22H30N4OS/c1-14(2)26-15(3)12-18(16(26)4)21-20(19-9-5-6-10-23-19)24-22(28)25(21)13-17-8-7-11-27-17/h5-6,9-10,12,14,17,20-21H,7-8,11,13H2,1-4H3,(H,24,28)/t17-,20-,21-/m0/s1. The molecule has 0 amide bonds. The van der Waals surface area contributed by atoms with Gasteiger partial charge in [-0.2, -0.15) is 0 Å². The minimum Gasteiger partial charge on any atom is -0.376 e. The summed E-state index contributed by atoms with van der Waals surface area (Å²) in [5.41, 5.74) is 4.95. The van der Waals surface area contributed by atoms with Crippen molar-refractivity contribution in [1.29, 1.82) is 0 Å². The van der Waals surface area contributed by atoms with Crippen LogP contribution in [0.1, 0.15) is 67.5 Å². The van der Waals surface area contributed by atoms with Crippen LogP contribution in [0.15, 0.2) is 30.5 Å². The number of aryl methyl sites for hydroxylation is 1. The van der Waals surface area contributed by atoms with Crippen LogP contribution in [0.2, 0.25) is 0 Å². The number of thiocarbonyl (C=S) groups is 1. The number of pyridine rings is 1. The summed E-state index contributed by atoms with van der Waals surface area (Å²) in [6, 6.07) is 9.00. The van der Waals surface area contributed by atoms with E-state index >= 15 is 0 Å². The zero-order valence-corrected chi connectivity index (χ0v) is 18.0. The van der Waals surface area contributed by atoms with Gasteiger partial charge in [-0.3, -0.25) is 4.98 Å². The van der Waals surface area contributed by atoms with E-state index in [0.717, 1.165) is 36.8 Å². The van der Waals surface area contributed by atoms with E-state index in [-0.39, 0.29) is 18.2 Å². The fourth-order valence-corrected chi connectivity index (χ4v) is 5.16. The largest absolute Gasteiger partial charge is 0.376 e. The number of nitrogens with zero attached hydrogens (tertiary/aromatic N) is 3. The molecule has 6 heteroatoms. The molecule has 0 unspecified atom stereocenters. The number of aromatic nitrogens is 2. The van der Waals surface area contributed by atoms with Crippen molar-refractivity contribution in [1.82, 2.24) is 19.8 Å². The highest BCUT2D eigenvalue weighted by Gasteiger charge is 2.42. The lowest BCUT2D eigenvalue weighted by atomic mass is 9.96. The molecule has 0 saturated carbocycles. The Hall–Kier alpha value is -1.92. The highest BCUT2D eigenvalue weighted by Crippen LogP contribution is 2.41. The molecule has 2 aromatic rings. The first-order valence-electron chi connectivity index (χ1n) is 10.3. The maximum atomic E-state index is 5.94. The van der Waals surface area contributed by atoms with Crippen molar-refractivity contribution in [2.75, 3.05) is 13.2 Å². The number of hydrogen-bond acceptors (Lipinski definition) is 3. The normalized spacial score (nSPS) is 25.0. The summed E-state index contributed by atoms with van der Waals surface area (Å²) >= 11 is 5.79. The van der Waals surface area contributed by atoms with Crippen LogP contribution < -0.4 is 5.32 Å². The summed E-state index contributed by atoms with van der Waals surface area (Å²) in [7, 11) is 0. The smallest absolute Gasteiger partial charge is 0.170 e. The molecular weight excluding hydrogens is 368 g/mol. The van der Waals surface area contributed by atoms with Gasteiger partial charge in [0.2, 0.25) is 0 Å². The number of nitrogens with one attached hydrogen (secondary N) is 1. The van der Waals surface area contributed by atoms with Crippen molar-refractivity contribution < 1.29 is 4.74 Å². The van der Waals surface area contributed by atoms with Gasteiger partial charge in [-0.15, -0.1) is 0 Å². The second kappa shape index (κ2) is 7.84. The first-order valence-corrected chi connectivity index (χ1v) is 10.7. The van der Waals surface area contributed by atoms with E-state index in [9.17, 15) is 0 Å². The summed E-state index contributed by atoms with van der Waals surface area (Å²) in [5, 5.41) is 4.35. The third-order valence-corrected chi connectivity index (χ3v) is 6.33. The summed E-state index contributed by atoms with van der Waals surface area (Å²) in [6.45, 7) is 10.6. The molecule has 3 atom stereocenters. The molecule has 2 aromatic heterocycles. The molecule has 150 valence electrons. The van der Waals surface area contributed by atoms with Gasteiger partial charge in [0.1, 0.15) is 0 Å². The van der Waals surface area contributed by atoms with Gasteiger partial charge in [-0.05, 0) is 76.5 Å². The van der Waals surface area contributed by atoms with E-state index in [4.69, 9.17) is 17.0 Å². The average molecular weight is 399 g/mol. The van der Waals surface area contributed by atoms with Crippen LogP contribution in [-0.4, -0.2) is 38.8 Å². The van der Waals surface area contributed by atoms with Crippen molar-refractivity contribution in [3.63, 3.8) is 0 Å². The van der Waals surface area contributed by atoms with Crippen molar-refractivity contribution >= 4 is 17.3 Å². The van der Waals surface area contributed by atoms with Crippen LogP contribution in [-0.2, 0) is 4.74 Å². The summed E-state index contributed by atoms with van der Waals surface area (Å²) in [5.74, 6) is 0. The third-order valence-electron chi connectivity index (χ3n) is 5.98. The molecule has 5 nitrogen and oxygen atoms in total. The maximum absolute atomic E-state index is 5.94. The van der Waals surface area contributed by atoms with E-state index in [0.29, 0.717) is 6.04 Å². The molecule has 2 saturated heterocycles. The minimum absolute atomic E-state index is 0.0382. The molecule has 0 bridgehead atoms. The molecule has 4 heterocycles. The quantitative estimate of drug-likeness (QED) is 0.764. The van der Waals surface area contributed by atoms with Gasteiger partial charge >= 0.3 is 0 Å². The molecule has 0 aromatic carbocycles. The Morgan fingerprint density at radius 1 is 1.32 bits per heavy atom. The van der Waals surface area contributed by atoms with Crippen molar-refractivity contribution in [2.24, 2.45) is 0 Å². The molecule has 2 aliphatic heterocycles. The molecule has 0 spiro atoms. The van der Waals surface area contributed by atoms with Crippen LogP contribution >= 0.6 is 12.2 Å². The van der Waals surface area contributed by atoms with Crippen molar-refractivity contribution in [2.45, 2.75) is 64.8 Å². The maximum Gasteiger partial charge on any atom is 0.170 e. The lowest BCUT2D eigenvalue weighted by Crippen LogP contribution is -2.36. The lowest BCUT2D eigenvalue weighted by molar-refractivity contribution is 0.0841. The monoisotopic (exact) mass is 398 g/mol.